The second kappa shape index (κ2) is 6.29. The number of nitrogens with zero attached hydrogens (tertiary/aromatic N) is 2. The average Bonchev–Trinajstić information content (AvgIpc) is 2.37. The summed E-state index contributed by atoms with van der Waals surface area (Å²) in [6.45, 7) is 5.49. The van der Waals surface area contributed by atoms with Gasteiger partial charge in [-0.15, -0.1) is 0 Å². The molecule has 1 aromatic rings. The Morgan fingerprint density at radius 3 is 2.58 bits per heavy atom. The Morgan fingerprint density at radius 2 is 2.16 bits per heavy atom. The first-order valence-electron chi connectivity index (χ1n) is 5.45. The summed E-state index contributed by atoms with van der Waals surface area (Å²) in [6.07, 6.45) is -0.107. The Morgan fingerprint density at radius 1 is 1.47 bits per heavy atom. The Labute approximate surface area is 109 Å². The first-order valence-corrected chi connectivity index (χ1v) is 5.45. The van der Waals surface area contributed by atoms with Crippen LogP contribution in [0, 0.1) is 0 Å². The quantitative estimate of drug-likeness (QED) is 0.674. The number of allylic oxidation sites excluding steroid dienone is 2. The lowest BCUT2D eigenvalue weighted by atomic mass is 10.1. The number of hydrogen-bond donors (Lipinski definition) is 1. The van der Waals surface area contributed by atoms with Crippen molar-refractivity contribution in [1.29, 1.82) is 0 Å². The van der Waals surface area contributed by atoms with Crippen LogP contribution in [0.5, 0.6) is 0 Å². The fraction of sp³-hybridized carbons (Fsp3) is 0.231. The molecule has 0 saturated heterocycles. The van der Waals surface area contributed by atoms with Gasteiger partial charge in [0.25, 0.3) is 0 Å². The van der Waals surface area contributed by atoms with Gasteiger partial charge in [0.2, 0.25) is 0 Å². The van der Waals surface area contributed by atoms with Crippen LogP contribution in [0.2, 0.25) is 0 Å². The van der Waals surface area contributed by atoms with E-state index in [0.717, 1.165) is 17.8 Å². The molecule has 19 heavy (non-hydrogen) atoms. The molecule has 0 fully saturated rings. The summed E-state index contributed by atoms with van der Waals surface area (Å²) in [7, 11) is 0. The molecular weight excluding hydrogens is 255 g/mol. The topological polar surface area (TPSA) is 51.3 Å². The fourth-order valence-corrected chi connectivity index (χ4v) is 1.35. The lowest BCUT2D eigenvalue weighted by molar-refractivity contribution is -0.141. The monoisotopic (exact) mass is 269 g/mol. The molecule has 1 heterocycles. The highest BCUT2D eigenvalue weighted by Crippen LogP contribution is 2.28. The highest BCUT2D eigenvalue weighted by molar-refractivity contribution is 5.74. The third-order valence-corrected chi connectivity index (χ3v) is 2.34. The molecule has 1 aromatic heterocycles. The SMILES string of the molecule is C=N/C=C(\C=C(/C)CN)c1ccc(C(F)(F)F)nc1. The van der Waals surface area contributed by atoms with Crippen molar-refractivity contribution in [3.63, 3.8) is 0 Å². The summed E-state index contributed by atoms with van der Waals surface area (Å²) < 4.78 is 37.2. The summed E-state index contributed by atoms with van der Waals surface area (Å²) in [6, 6.07) is 2.27. The summed E-state index contributed by atoms with van der Waals surface area (Å²) in [5.74, 6) is 0. The maximum Gasteiger partial charge on any atom is 0.433 e. The van der Waals surface area contributed by atoms with Crippen molar-refractivity contribution in [2.24, 2.45) is 10.7 Å². The molecule has 0 bridgehead atoms. The van der Waals surface area contributed by atoms with E-state index in [4.69, 9.17) is 5.73 Å². The molecule has 3 nitrogen and oxygen atoms in total. The van der Waals surface area contributed by atoms with Gasteiger partial charge in [-0.2, -0.15) is 13.2 Å². The first-order chi connectivity index (χ1) is 8.88. The van der Waals surface area contributed by atoms with E-state index in [2.05, 4.69) is 16.7 Å². The van der Waals surface area contributed by atoms with Crippen LogP contribution in [0.3, 0.4) is 0 Å². The summed E-state index contributed by atoms with van der Waals surface area (Å²) in [5, 5.41) is 0. The van der Waals surface area contributed by atoms with E-state index in [0.29, 0.717) is 17.7 Å². The first kappa shape index (κ1) is 15.1. The minimum atomic E-state index is -4.44. The zero-order valence-corrected chi connectivity index (χ0v) is 10.4. The van der Waals surface area contributed by atoms with Gasteiger partial charge in [-0.25, -0.2) is 0 Å². The second-order valence-corrected chi connectivity index (χ2v) is 3.89. The van der Waals surface area contributed by atoms with Crippen LogP contribution in [0.1, 0.15) is 18.2 Å². The molecule has 0 aliphatic carbocycles. The molecule has 0 saturated carbocycles. The number of halogens is 3. The molecule has 0 amide bonds. The van der Waals surface area contributed by atoms with Crippen molar-refractivity contribution < 1.29 is 13.2 Å². The number of hydrogen-bond acceptors (Lipinski definition) is 3. The van der Waals surface area contributed by atoms with Gasteiger partial charge < -0.3 is 5.73 Å². The number of nitrogens with two attached hydrogens (primary N) is 1. The summed E-state index contributed by atoms with van der Waals surface area (Å²) in [5.41, 5.74) is 6.54. The van der Waals surface area contributed by atoms with Crippen molar-refractivity contribution in [1.82, 2.24) is 4.98 Å². The maximum atomic E-state index is 12.4. The zero-order valence-electron chi connectivity index (χ0n) is 10.4. The maximum absolute atomic E-state index is 12.4. The molecular formula is C13H14F3N3. The zero-order chi connectivity index (χ0) is 14.5. The number of aliphatic imine (C=N–C) groups is 1. The predicted octanol–water partition coefficient (Wildman–Crippen LogP) is 3.05. The molecule has 2 N–H and O–H groups in total. The molecule has 0 aromatic carbocycles. The van der Waals surface area contributed by atoms with Crippen molar-refractivity contribution in [3.8, 4) is 0 Å². The van der Waals surface area contributed by atoms with Crippen molar-refractivity contribution in [2.45, 2.75) is 13.1 Å². The lowest BCUT2D eigenvalue weighted by Crippen LogP contribution is -2.07. The minimum Gasteiger partial charge on any atom is -0.327 e. The fourth-order valence-electron chi connectivity index (χ4n) is 1.35. The minimum absolute atomic E-state index is 0.350. The standard InChI is InChI=1S/C13H14F3N3/c1-9(6-17)5-11(7-18-2)10-3-4-12(19-8-10)13(14,15)16/h3-5,7-8H,2,6,17H2,1H3/b9-5+,11-7+. The van der Waals surface area contributed by atoms with Gasteiger partial charge in [0.15, 0.2) is 0 Å². The summed E-state index contributed by atoms with van der Waals surface area (Å²) in [4.78, 5) is 7.02. The van der Waals surface area contributed by atoms with E-state index in [-0.39, 0.29) is 0 Å². The Bertz CT molecular complexity index is 499. The average molecular weight is 269 g/mol. The van der Waals surface area contributed by atoms with Crippen LogP contribution in [-0.4, -0.2) is 18.2 Å². The van der Waals surface area contributed by atoms with Crippen LogP contribution < -0.4 is 5.73 Å². The van der Waals surface area contributed by atoms with E-state index < -0.39 is 11.9 Å². The number of alkyl halides is 3. The highest BCUT2D eigenvalue weighted by Gasteiger charge is 2.32. The largest absolute Gasteiger partial charge is 0.433 e. The summed E-state index contributed by atoms with van der Waals surface area (Å²) >= 11 is 0. The second-order valence-electron chi connectivity index (χ2n) is 3.89. The van der Waals surface area contributed by atoms with Crippen LogP contribution in [0.25, 0.3) is 5.57 Å². The van der Waals surface area contributed by atoms with Gasteiger partial charge >= 0.3 is 6.18 Å². The van der Waals surface area contributed by atoms with Crippen LogP contribution in [-0.2, 0) is 6.18 Å². The predicted molar refractivity (Wildman–Crippen MR) is 69.6 cm³/mol. The Balaban J connectivity index is 3.13. The van der Waals surface area contributed by atoms with Crippen molar-refractivity contribution in [3.05, 3.63) is 47.4 Å². The molecule has 102 valence electrons. The van der Waals surface area contributed by atoms with Gasteiger partial charge in [-0.1, -0.05) is 17.7 Å². The molecule has 6 heteroatoms. The van der Waals surface area contributed by atoms with Gasteiger partial charge in [0, 0.05) is 30.1 Å². The third-order valence-electron chi connectivity index (χ3n) is 2.34. The van der Waals surface area contributed by atoms with Gasteiger partial charge in [-0.05, 0) is 19.7 Å². The van der Waals surface area contributed by atoms with E-state index in [9.17, 15) is 13.2 Å². The van der Waals surface area contributed by atoms with E-state index in [1.807, 2.05) is 6.92 Å². The highest BCUT2D eigenvalue weighted by atomic mass is 19.4. The van der Waals surface area contributed by atoms with Crippen LogP contribution in [0.4, 0.5) is 13.2 Å². The van der Waals surface area contributed by atoms with Crippen molar-refractivity contribution >= 4 is 12.3 Å². The number of pyridine rings is 1. The molecule has 0 unspecified atom stereocenters. The van der Waals surface area contributed by atoms with Crippen LogP contribution >= 0.6 is 0 Å². The van der Waals surface area contributed by atoms with Gasteiger partial charge in [0.1, 0.15) is 5.69 Å². The normalized spacial score (nSPS) is 13.5. The number of aromatic nitrogens is 1. The smallest absolute Gasteiger partial charge is 0.327 e. The van der Waals surface area contributed by atoms with Gasteiger partial charge in [0.05, 0.1) is 0 Å². The van der Waals surface area contributed by atoms with Gasteiger partial charge in [-0.3, -0.25) is 9.98 Å². The molecule has 0 aliphatic heterocycles. The Kier molecular flexibility index (Phi) is 5.00. The third kappa shape index (κ3) is 4.33. The molecule has 1 rings (SSSR count). The molecule has 0 aliphatic rings. The molecule has 0 spiro atoms. The van der Waals surface area contributed by atoms with Crippen LogP contribution in [0.15, 0.2) is 41.2 Å². The van der Waals surface area contributed by atoms with E-state index in [1.54, 1.807) is 6.08 Å². The lowest BCUT2D eigenvalue weighted by Gasteiger charge is -2.07. The van der Waals surface area contributed by atoms with E-state index in [1.165, 1.54) is 12.3 Å². The molecule has 0 radical (unpaired) electrons. The van der Waals surface area contributed by atoms with E-state index >= 15 is 0 Å². The molecule has 0 atom stereocenters. The van der Waals surface area contributed by atoms with Crippen molar-refractivity contribution in [2.75, 3.05) is 6.54 Å². The number of rotatable bonds is 4. The Hall–Kier alpha value is -1.95.